The number of hydrogen-bond acceptors (Lipinski definition) is 7. The molecule has 1 fully saturated rings. The largest absolute Gasteiger partial charge is 0.480 e. The second kappa shape index (κ2) is 7.63. The molecule has 0 radical (unpaired) electrons. The average Bonchev–Trinajstić information content (AvgIpc) is 3.13. The zero-order chi connectivity index (χ0) is 18.7. The van der Waals surface area contributed by atoms with Crippen molar-refractivity contribution in [1.82, 2.24) is 30.6 Å². The van der Waals surface area contributed by atoms with Crippen LogP contribution in [0.4, 0.5) is 5.82 Å². The summed E-state index contributed by atoms with van der Waals surface area (Å²) in [6, 6.07) is 2.81. The zero-order valence-electron chi connectivity index (χ0n) is 14.9. The number of piperidine rings is 1. The maximum Gasteiger partial charge on any atom is 0.326 e. The molecular formula is C16H23N7O3. The van der Waals surface area contributed by atoms with E-state index in [0.29, 0.717) is 38.0 Å². The standard InChI is InChI=1S/C16H23N7O3/c1-3-10(2)14(16(25)26)17-15(24)11-6-8-22(9-7-11)13-5-4-12-18-20-21-23(12)19-13/h4-5,10-11,14H,3,6-9H2,1-2H3,(H,17,24)(H,25,26). The summed E-state index contributed by atoms with van der Waals surface area (Å²) in [5, 5.41) is 27.6. The number of aromatic nitrogens is 5. The van der Waals surface area contributed by atoms with Gasteiger partial charge < -0.3 is 15.3 Å². The number of aliphatic carboxylic acids is 1. The van der Waals surface area contributed by atoms with E-state index in [9.17, 15) is 14.7 Å². The van der Waals surface area contributed by atoms with Crippen LogP contribution in [0.1, 0.15) is 33.1 Å². The van der Waals surface area contributed by atoms with Gasteiger partial charge in [-0.1, -0.05) is 20.3 Å². The number of carboxylic acid groups (broad SMARTS) is 1. The second-order valence-corrected chi connectivity index (χ2v) is 6.69. The summed E-state index contributed by atoms with van der Waals surface area (Å²) in [6.45, 7) is 5.09. The van der Waals surface area contributed by atoms with Crippen LogP contribution in [0.15, 0.2) is 12.1 Å². The number of nitrogens with zero attached hydrogens (tertiary/aromatic N) is 6. The Kier molecular flexibility index (Phi) is 5.29. The summed E-state index contributed by atoms with van der Waals surface area (Å²) in [6.07, 6.45) is 1.99. The zero-order valence-corrected chi connectivity index (χ0v) is 14.9. The lowest BCUT2D eigenvalue weighted by Crippen LogP contribution is -2.49. The highest BCUT2D eigenvalue weighted by molar-refractivity contribution is 5.85. The van der Waals surface area contributed by atoms with E-state index in [4.69, 9.17) is 0 Å². The highest BCUT2D eigenvalue weighted by Gasteiger charge is 2.31. The summed E-state index contributed by atoms with van der Waals surface area (Å²) in [5.41, 5.74) is 0.577. The maximum atomic E-state index is 12.5. The number of carbonyl (C=O) groups excluding carboxylic acids is 1. The number of hydrogen-bond donors (Lipinski definition) is 2. The first-order valence-corrected chi connectivity index (χ1v) is 8.83. The fourth-order valence-electron chi connectivity index (χ4n) is 3.13. The van der Waals surface area contributed by atoms with Crippen molar-refractivity contribution in [3.8, 4) is 0 Å². The van der Waals surface area contributed by atoms with Crippen molar-refractivity contribution in [3.05, 3.63) is 12.1 Å². The van der Waals surface area contributed by atoms with E-state index in [1.807, 2.05) is 19.9 Å². The van der Waals surface area contributed by atoms with Gasteiger partial charge in [0.1, 0.15) is 6.04 Å². The van der Waals surface area contributed by atoms with Crippen molar-refractivity contribution < 1.29 is 14.7 Å². The second-order valence-electron chi connectivity index (χ2n) is 6.69. The van der Waals surface area contributed by atoms with Gasteiger partial charge in [0.2, 0.25) is 5.91 Å². The van der Waals surface area contributed by atoms with E-state index >= 15 is 0 Å². The molecule has 10 nitrogen and oxygen atoms in total. The van der Waals surface area contributed by atoms with Gasteiger partial charge in [-0.25, -0.2) is 4.79 Å². The van der Waals surface area contributed by atoms with Crippen molar-refractivity contribution in [2.24, 2.45) is 11.8 Å². The third-order valence-corrected chi connectivity index (χ3v) is 5.02. The Bertz CT molecular complexity index is 785. The molecular weight excluding hydrogens is 338 g/mol. The minimum Gasteiger partial charge on any atom is -0.480 e. The van der Waals surface area contributed by atoms with Crippen molar-refractivity contribution in [2.45, 2.75) is 39.2 Å². The third kappa shape index (κ3) is 3.73. The number of tetrazole rings is 1. The molecule has 0 aliphatic carbocycles. The minimum absolute atomic E-state index is 0.108. The van der Waals surface area contributed by atoms with Crippen molar-refractivity contribution in [2.75, 3.05) is 18.0 Å². The molecule has 2 aromatic heterocycles. The smallest absolute Gasteiger partial charge is 0.326 e. The van der Waals surface area contributed by atoms with Gasteiger partial charge in [-0.3, -0.25) is 4.79 Å². The highest BCUT2D eigenvalue weighted by atomic mass is 16.4. The van der Waals surface area contributed by atoms with E-state index < -0.39 is 12.0 Å². The van der Waals surface area contributed by atoms with Gasteiger partial charge in [-0.05, 0) is 41.3 Å². The number of fused-ring (bicyclic) bond motifs is 1. The SMILES string of the molecule is CCC(C)C(NC(=O)C1CCN(c2ccc3nnnn3n2)CC1)C(=O)O. The molecule has 3 rings (SSSR count). The number of anilines is 1. The Morgan fingerprint density at radius 1 is 1.35 bits per heavy atom. The van der Waals surface area contributed by atoms with Crippen LogP contribution in [-0.2, 0) is 9.59 Å². The molecule has 2 unspecified atom stereocenters. The topological polar surface area (TPSA) is 126 Å². The van der Waals surface area contributed by atoms with Gasteiger partial charge in [-0.15, -0.1) is 14.8 Å². The van der Waals surface area contributed by atoms with Crippen LogP contribution in [0.2, 0.25) is 0 Å². The van der Waals surface area contributed by atoms with Gasteiger partial charge in [0.05, 0.1) is 0 Å². The Labute approximate surface area is 150 Å². The molecule has 1 aliphatic heterocycles. The van der Waals surface area contributed by atoms with E-state index in [2.05, 4.69) is 30.8 Å². The fraction of sp³-hybridized carbons (Fsp3) is 0.625. The van der Waals surface area contributed by atoms with E-state index in [0.717, 1.165) is 5.82 Å². The first-order chi connectivity index (χ1) is 12.5. The monoisotopic (exact) mass is 361 g/mol. The predicted octanol–water partition coefficient (Wildman–Crippen LogP) is 0.351. The van der Waals surface area contributed by atoms with E-state index in [-0.39, 0.29) is 17.7 Å². The summed E-state index contributed by atoms with van der Waals surface area (Å²) in [5.74, 6) is -0.699. The molecule has 1 saturated heterocycles. The van der Waals surface area contributed by atoms with Gasteiger partial charge in [0.15, 0.2) is 11.5 Å². The number of carboxylic acids is 1. The summed E-state index contributed by atoms with van der Waals surface area (Å²) < 4.78 is 1.37. The lowest BCUT2D eigenvalue weighted by atomic mass is 9.93. The molecule has 3 heterocycles. The molecule has 10 heteroatoms. The van der Waals surface area contributed by atoms with Gasteiger partial charge >= 0.3 is 5.97 Å². The van der Waals surface area contributed by atoms with Crippen molar-refractivity contribution in [3.63, 3.8) is 0 Å². The Hall–Kier alpha value is -2.78. The van der Waals surface area contributed by atoms with E-state index in [1.54, 1.807) is 6.07 Å². The summed E-state index contributed by atoms with van der Waals surface area (Å²) >= 11 is 0. The first kappa shape index (κ1) is 18.0. The van der Waals surface area contributed by atoms with Crippen molar-refractivity contribution in [1.29, 1.82) is 0 Å². The van der Waals surface area contributed by atoms with Crippen LogP contribution >= 0.6 is 0 Å². The predicted molar refractivity (Wildman–Crippen MR) is 92.5 cm³/mol. The van der Waals surface area contributed by atoms with Gasteiger partial charge in [0.25, 0.3) is 0 Å². The molecule has 0 bridgehead atoms. The van der Waals surface area contributed by atoms with Gasteiger partial charge in [0, 0.05) is 19.0 Å². The molecule has 2 aromatic rings. The average molecular weight is 361 g/mol. The van der Waals surface area contributed by atoms with Gasteiger partial charge in [-0.2, -0.15) is 0 Å². The fourth-order valence-corrected chi connectivity index (χ4v) is 3.13. The minimum atomic E-state index is -0.982. The molecule has 140 valence electrons. The Morgan fingerprint density at radius 2 is 2.08 bits per heavy atom. The van der Waals surface area contributed by atoms with Crippen LogP contribution in [0.25, 0.3) is 5.65 Å². The van der Waals surface area contributed by atoms with Crippen LogP contribution in [0.3, 0.4) is 0 Å². The first-order valence-electron chi connectivity index (χ1n) is 8.83. The number of amides is 1. The molecule has 0 aromatic carbocycles. The van der Waals surface area contributed by atoms with Crippen LogP contribution in [0, 0.1) is 11.8 Å². The molecule has 0 saturated carbocycles. The number of nitrogens with one attached hydrogen (secondary N) is 1. The van der Waals surface area contributed by atoms with Crippen LogP contribution in [-0.4, -0.2) is 61.4 Å². The van der Waals surface area contributed by atoms with Crippen LogP contribution < -0.4 is 10.2 Å². The summed E-state index contributed by atoms with van der Waals surface area (Å²) in [4.78, 5) is 25.9. The quantitative estimate of drug-likeness (QED) is 0.755. The Morgan fingerprint density at radius 3 is 2.73 bits per heavy atom. The number of rotatable bonds is 6. The normalized spacial score (nSPS) is 17.8. The maximum absolute atomic E-state index is 12.5. The highest BCUT2D eigenvalue weighted by Crippen LogP contribution is 2.22. The lowest BCUT2D eigenvalue weighted by molar-refractivity contribution is -0.144. The molecule has 2 N–H and O–H groups in total. The summed E-state index contributed by atoms with van der Waals surface area (Å²) in [7, 11) is 0. The molecule has 1 amide bonds. The Balaban J connectivity index is 1.58. The molecule has 1 aliphatic rings. The molecule has 0 spiro atoms. The van der Waals surface area contributed by atoms with Crippen LogP contribution in [0.5, 0.6) is 0 Å². The van der Waals surface area contributed by atoms with E-state index in [1.165, 1.54) is 4.63 Å². The van der Waals surface area contributed by atoms with Crippen molar-refractivity contribution >= 4 is 23.3 Å². The third-order valence-electron chi connectivity index (χ3n) is 5.02. The number of carbonyl (C=O) groups is 2. The lowest BCUT2D eigenvalue weighted by Gasteiger charge is -2.32. The molecule has 2 atom stereocenters. The molecule has 26 heavy (non-hydrogen) atoms.